The van der Waals surface area contributed by atoms with Crippen molar-refractivity contribution in [3.8, 4) is 0 Å². The van der Waals surface area contributed by atoms with E-state index < -0.39 is 0 Å². The molecule has 3 amide bonds. The third-order valence-electron chi connectivity index (χ3n) is 3.29. The molecule has 0 saturated carbocycles. The molecular weight excluding hydrogens is 322 g/mol. The van der Waals surface area contributed by atoms with Crippen LogP contribution in [0, 0.1) is 0 Å². The van der Waals surface area contributed by atoms with Gasteiger partial charge in [-0.25, -0.2) is 0 Å². The number of hydrogen-bond acceptors (Lipinski definition) is 4. The van der Waals surface area contributed by atoms with E-state index in [0.29, 0.717) is 11.3 Å². The Bertz CT molecular complexity index is 749. The van der Waals surface area contributed by atoms with Crippen LogP contribution in [0.15, 0.2) is 53.2 Å². The van der Waals surface area contributed by atoms with Crippen molar-refractivity contribution in [1.82, 2.24) is 16.0 Å². The molecule has 0 saturated heterocycles. The second-order valence-electron chi connectivity index (χ2n) is 5.11. The zero-order valence-corrected chi connectivity index (χ0v) is 13.7. The predicted molar refractivity (Wildman–Crippen MR) is 92.4 cm³/mol. The molecule has 7 nitrogen and oxygen atoms in total. The fourth-order valence-electron chi connectivity index (χ4n) is 1.95. The average Bonchev–Trinajstić information content (AvgIpc) is 3.16. The first kappa shape index (κ1) is 18.0. The number of benzene rings is 1. The Morgan fingerprint density at radius 1 is 1.08 bits per heavy atom. The first-order valence-electron chi connectivity index (χ1n) is 7.65. The molecule has 0 fully saturated rings. The second kappa shape index (κ2) is 9.07. The Morgan fingerprint density at radius 2 is 1.84 bits per heavy atom. The molecule has 0 aliphatic heterocycles. The van der Waals surface area contributed by atoms with Gasteiger partial charge in [-0.1, -0.05) is 12.1 Å². The van der Waals surface area contributed by atoms with Crippen LogP contribution >= 0.6 is 0 Å². The minimum absolute atomic E-state index is 0.126. The van der Waals surface area contributed by atoms with Crippen molar-refractivity contribution < 1.29 is 18.8 Å². The maximum absolute atomic E-state index is 11.7. The molecule has 3 N–H and O–H groups in total. The van der Waals surface area contributed by atoms with Gasteiger partial charge in [0.05, 0.1) is 19.4 Å². The lowest BCUT2D eigenvalue weighted by molar-refractivity contribution is -0.124. The van der Waals surface area contributed by atoms with Crippen molar-refractivity contribution in [3.63, 3.8) is 0 Å². The summed E-state index contributed by atoms with van der Waals surface area (Å²) in [5.74, 6) is -0.231. The fourth-order valence-corrected chi connectivity index (χ4v) is 1.95. The molecule has 0 aliphatic rings. The van der Waals surface area contributed by atoms with Gasteiger partial charge in [-0.2, -0.15) is 0 Å². The number of hydrogen-bond donors (Lipinski definition) is 3. The summed E-state index contributed by atoms with van der Waals surface area (Å²) >= 11 is 0. The summed E-state index contributed by atoms with van der Waals surface area (Å²) in [6, 6.07) is 10.3. The van der Waals surface area contributed by atoms with E-state index in [2.05, 4.69) is 16.0 Å². The molecule has 0 aliphatic carbocycles. The number of carbonyl (C=O) groups is 3. The minimum atomic E-state index is -0.386. The van der Waals surface area contributed by atoms with Gasteiger partial charge < -0.3 is 20.4 Å². The number of furan rings is 1. The standard InChI is InChI=1S/C18H19N3O4/c1-19-18(24)14-7-4-13(5-8-14)6-9-16(22)21-12-17(23)20-11-15-3-2-10-25-15/h2-10H,11-12H2,1H3,(H,19,24)(H,20,23)(H,21,22)/b9-6+. The van der Waals surface area contributed by atoms with Gasteiger partial charge in [0.15, 0.2) is 0 Å². The normalized spacial score (nSPS) is 10.4. The molecule has 1 aromatic heterocycles. The van der Waals surface area contributed by atoms with Crippen molar-refractivity contribution in [1.29, 1.82) is 0 Å². The molecule has 0 bridgehead atoms. The van der Waals surface area contributed by atoms with Crippen molar-refractivity contribution in [2.24, 2.45) is 0 Å². The number of rotatable bonds is 7. The van der Waals surface area contributed by atoms with Crippen molar-refractivity contribution in [2.75, 3.05) is 13.6 Å². The zero-order chi connectivity index (χ0) is 18.1. The predicted octanol–water partition coefficient (Wildman–Crippen LogP) is 1.08. The van der Waals surface area contributed by atoms with Gasteiger partial charge in [0.2, 0.25) is 11.8 Å². The van der Waals surface area contributed by atoms with Crippen LogP contribution in [-0.4, -0.2) is 31.3 Å². The van der Waals surface area contributed by atoms with Gasteiger partial charge >= 0.3 is 0 Å². The molecule has 130 valence electrons. The Balaban J connectivity index is 1.74. The molecule has 0 radical (unpaired) electrons. The van der Waals surface area contributed by atoms with Gasteiger partial charge in [0, 0.05) is 18.7 Å². The summed E-state index contributed by atoms with van der Waals surface area (Å²) < 4.78 is 5.09. The lowest BCUT2D eigenvalue weighted by Gasteiger charge is -2.04. The second-order valence-corrected chi connectivity index (χ2v) is 5.11. The maximum atomic E-state index is 11.7. The lowest BCUT2D eigenvalue weighted by atomic mass is 10.1. The first-order chi connectivity index (χ1) is 12.1. The molecule has 1 heterocycles. The largest absolute Gasteiger partial charge is 0.467 e. The third-order valence-corrected chi connectivity index (χ3v) is 3.29. The van der Waals surface area contributed by atoms with Gasteiger partial charge in [0.25, 0.3) is 5.91 Å². The van der Waals surface area contributed by atoms with E-state index in [1.54, 1.807) is 49.5 Å². The highest BCUT2D eigenvalue weighted by Crippen LogP contribution is 2.06. The molecule has 0 spiro atoms. The maximum Gasteiger partial charge on any atom is 0.251 e. The van der Waals surface area contributed by atoms with Crippen LogP contribution in [-0.2, 0) is 16.1 Å². The average molecular weight is 341 g/mol. The molecule has 0 unspecified atom stereocenters. The van der Waals surface area contributed by atoms with E-state index in [1.165, 1.54) is 12.3 Å². The zero-order valence-electron chi connectivity index (χ0n) is 13.7. The van der Waals surface area contributed by atoms with Crippen LogP contribution in [0.2, 0.25) is 0 Å². The molecule has 2 rings (SSSR count). The van der Waals surface area contributed by atoms with Gasteiger partial charge in [-0.05, 0) is 35.9 Å². The summed E-state index contributed by atoms with van der Waals surface area (Å²) in [6.07, 6.45) is 4.45. The van der Waals surface area contributed by atoms with Crippen LogP contribution in [0.25, 0.3) is 6.08 Å². The smallest absolute Gasteiger partial charge is 0.251 e. The quantitative estimate of drug-likeness (QED) is 0.656. The van der Waals surface area contributed by atoms with E-state index in [1.807, 2.05) is 0 Å². The Labute approximate surface area is 145 Å². The molecule has 7 heteroatoms. The summed E-state index contributed by atoms with van der Waals surface area (Å²) in [4.78, 5) is 34.8. The first-order valence-corrected chi connectivity index (χ1v) is 7.65. The number of carbonyl (C=O) groups excluding carboxylic acids is 3. The fraction of sp³-hybridized carbons (Fsp3) is 0.167. The van der Waals surface area contributed by atoms with Crippen LogP contribution in [0.1, 0.15) is 21.7 Å². The van der Waals surface area contributed by atoms with E-state index in [4.69, 9.17) is 4.42 Å². The summed E-state index contributed by atoms with van der Waals surface area (Å²) in [6.45, 7) is 0.148. The minimum Gasteiger partial charge on any atom is -0.467 e. The Morgan fingerprint density at radius 3 is 2.48 bits per heavy atom. The molecule has 1 aromatic carbocycles. The van der Waals surface area contributed by atoms with Crippen LogP contribution in [0.5, 0.6) is 0 Å². The third kappa shape index (κ3) is 5.98. The van der Waals surface area contributed by atoms with Gasteiger partial charge in [0.1, 0.15) is 5.76 Å². The van der Waals surface area contributed by atoms with Crippen molar-refractivity contribution in [3.05, 3.63) is 65.6 Å². The topological polar surface area (TPSA) is 100 Å². The number of amides is 3. The Kier molecular flexibility index (Phi) is 6.53. The van der Waals surface area contributed by atoms with Crippen molar-refractivity contribution in [2.45, 2.75) is 6.54 Å². The highest BCUT2D eigenvalue weighted by atomic mass is 16.3. The summed E-state index contributed by atoms with van der Waals surface area (Å²) in [5, 5.41) is 7.65. The molecule has 0 atom stereocenters. The van der Waals surface area contributed by atoms with E-state index in [-0.39, 0.29) is 30.8 Å². The van der Waals surface area contributed by atoms with Crippen molar-refractivity contribution >= 4 is 23.8 Å². The Hall–Kier alpha value is -3.35. The lowest BCUT2D eigenvalue weighted by Crippen LogP contribution is -2.35. The van der Waals surface area contributed by atoms with Crippen LogP contribution < -0.4 is 16.0 Å². The van der Waals surface area contributed by atoms with E-state index >= 15 is 0 Å². The van der Waals surface area contributed by atoms with Crippen LogP contribution in [0.4, 0.5) is 0 Å². The van der Waals surface area contributed by atoms with Gasteiger partial charge in [-0.15, -0.1) is 0 Å². The molecular formula is C18H19N3O4. The highest BCUT2D eigenvalue weighted by Gasteiger charge is 2.04. The SMILES string of the molecule is CNC(=O)c1ccc(/C=C/C(=O)NCC(=O)NCc2ccco2)cc1. The molecule has 2 aromatic rings. The van der Waals surface area contributed by atoms with E-state index in [9.17, 15) is 14.4 Å². The summed E-state index contributed by atoms with van der Waals surface area (Å²) in [7, 11) is 1.56. The molecule has 25 heavy (non-hydrogen) atoms. The van der Waals surface area contributed by atoms with Gasteiger partial charge in [-0.3, -0.25) is 14.4 Å². The monoisotopic (exact) mass is 341 g/mol. The van der Waals surface area contributed by atoms with E-state index in [0.717, 1.165) is 5.56 Å². The summed E-state index contributed by atoms with van der Waals surface area (Å²) in [5.41, 5.74) is 1.31. The number of nitrogens with one attached hydrogen (secondary N) is 3. The van der Waals surface area contributed by atoms with Crippen LogP contribution in [0.3, 0.4) is 0 Å². The highest BCUT2D eigenvalue weighted by molar-refractivity contribution is 5.95.